The molecule has 0 aromatic carbocycles. The van der Waals surface area contributed by atoms with E-state index in [1.807, 2.05) is 0 Å². The van der Waals surface area contributed by atoms with Gasteiger partial charge in [0.15, 0.2) is 0 Å². The van der Waals surface area contributed by atoms with Gasteiger partial charge in [0.2, 0.25) is 0 Å². The summed E-state index contributed by atoms with van der Waals surface area (Å²) in [4.78, 5) is 2.73. The molecule has 2 aliphatic rings. The van der Waals surface area contributed by atoms with Gasteiger partial charge in [-0.2, -0.15) is 0 Å². The summed E-state index contributed by atoms with van der Waals surface area (Å²) < 4.78 is 0. The van der Waals surface area contributed by atoms with Crippen LogP contribution in [-0.2, 0) is 0 Å². The largest absolute Gasteiger partial charge is 0.329 e. The monoisotopic (exact) mass is 224 g/mol. The van der Waals surface area contributed by atoms with Crippen molar-refractivity contribution in [3.05, 3.63) is 0 Å². The maximum absolute atomic E-state index is 6.12. The summed E-state index contributed by atoms with van der Waals surface area (Å²) in [5, 5.41) is 0. The summed E-state index contributed by atoms with van der Waals surface area (Å²) in [5.41, 5.74) is 6.49. The number of likely N-dealkylation sites (tertiary alicyclic amines) is 1. The average molecular weight is 224 g/mol. The molecule has 0 spiro atoms. The van der Waals surface area contributed by atoms with Crippen molar-refractivity contribution >= 4 is 0 Å². The van der Waals surface area contributed by atoms with Crippen LogP contribution >= 0.6 is 0 Å². The highest BCUT2D eigenvalue weighted by Gasteiger charge is 2.42. The summed E-state index contributed by atoms with van der Waals surface area (Å²) in [6, 6.07) is 0. The predicted octanol–water partition coefficient (Wildman–Crippen LogP) is 2.63. The van der Waals surface area contributed by atoms with E-state index in [4.69, 9.17) is 5.73 Å². The second-order valence-electron chi connectivity index (χ2n) is 6.14. The molecule has 1 aliphatic carbocycles. The molecule has 94 valence electrons. The number of nitrogens with zero attached hydrogens (tertiary/aromatic N) is 1. The van der Waals surface area contributed by atoms with Crippen LogP contribution < -0.4 is 5.73 Å². The van der Waals surface area contributed by atoms with Crippen molar-refractivity contribution in [1.82, 2.24) is 4.90 Å². The molecule has 2 N–H and O–H groups in total. The summed E-state index contributed by atoms with van der Waals surface area (Å²) in [5.74, 6) is 1.80. The summed E-state index contributed by atoms with van der Waals surface area (Å²) in [6.07, 6.45) is 8.22. The Labute approximate surface area is 101 Å². The molecule has 3 unspecified atom stereocenters. The Kier molecular flexibility index (Phi) is 3.91. The lowest BCUT2D eigenvalue weighted by Gasteiger charge is -2.45. The van der Waals surface area contributed by atoms with Crippen LogP contribution in [-0.4, -0.2) is 30.1 Å². The Morgan fingerprint density at radius 1 is 1.38 bits per heavy atom. The molecule has 3 atom stereocenters. The first-order chi connectivity index (χ1) is 7.70. The second kappa shape index (κ2) is 5.05. The van der Waals surface area contributed by atoms with Gasteiger partial charge >= 0.3 is 0 Å². The van der Waals surface area contributed by atoms with Gasteiger partial charge in [0, 0.05) is 18.6 Å². The van der Waals surface area contributed by atoms with Crippen molar-refractivity contribution in [2.24, 2.45) is 17.6 Å². The molecule has 16 heavy (non-hydrogen) atoms. The van der Waals surface area contributed by atoms with Crippen molar-refractivity contribution < 1.29 is 0 Å². The highest BCUT2D eigenvalue weighted by atomic mass is 15.2. The van der Waals surface area contributed by atoms with Crippen molar-refractivity contribution in [3.63, 3.8) is 0 Å². The Bertz CT molecular complexity index is 229. The molecule has 0 bridgehead atoms. The predicted molar refractivity (Wildman–Crippen MR) is 69.4 cm³/mol. The van der Waals surface area contributed by atoms with Crippen LogP contribution in [0.2, 0.25) is 0 Å². The number of piperidine rings is 1. The molecule has 2 nitrogen and oxygen atoms in total. The fraction of sp³-hybridized carbons (Fsp3) is 1.00. The quantitative estimate of drug-likeness (QED) is 0.798. The van der Waals surface area contributed by atoms with Gasteiger partial charge in [-0.1, -0.05) is 20.3 Å². The lowest BCUT2D eigenvalue weighted by Crippen LogP contribution is -2.55. The van der Waals surface area contributed by atoms with Gasteiger partial charge in [0.25, 0.3) is 0 Å². The molecule has 0 aromatic heterocycles. The van der Waals surface area contributed by atoms with Crippen LogP contribution in [0.5, 0.6) is 0 Å². The highest BCUT2D eigenvalue weighted by molar-refractivity contribution is 4.99. The fourth-order valence-electron chi connectivity index (χ4n) is 3.78. The van der Waals surface area contributed by atoms with Crippen molar-refractivity contribution in [1.29, 1.82) is 0 Å². The third kappa shape index (κ3) is 2.28. The molecular formula is C14H28N2. The molecule has 1 saturated carbocycles. The Morgan fingerprint density at radius 2 is 2.19 bits per heavy atom. The molecule has 0 amide bonds. The Hall–Kier alpha value is -0.0800. The maximum Gasteiger partial charge on any atom is 0.0334 e. The zero-order valence-electron chi connectivity index (χ0n) is 11.0. The summed E-state index contributed by atoms with van der Waals surface area (Å²) in [6.45, 7) is 8.17. The van der Waals surface area contributed by atoms with Crippen LogP contribution in [0.3, 0.4) is 0 Å². The van der Waals surface area contributed by atoms with Gasteiger partial charge in [-0.25, -0.2) is 0 Å². The second-order valence-corrected chi connectivity index (χ2v) is 6.14. The minimum Gasteiger partial charge on any atom is -0.329 e. The standard InChI is InChI=1S/C14H28N2/c1-3-13-6-7-14(9-13,11-15)16-8-4-5-12(2)10-16/h12-13H,3-11,15H2,1-2H3. The van der Waals surface area contributed by atoms with E-state index in [-0.39, 0.29) is 0 Å². The zero-order chi connectivity index (χ0) is 11.6. The number of rotatable bonds is 3. The van der Waals surface area contributed by atoms with Crippen molar-refractivity contribution in [2.45, 2.75) is 57.9 Å². The van der Waals surface area contributed by atoms with Crippen molar-refractivity contribution in [2.75, 3.05) is 19.6 Å². The topological polar surface area (TPSA) is 29.3 Å². The lowest BCUT2D eigenvalue weighted by molar-refractivity contribution is 0.0525. The zero-order valence-corrected chi connectivity index (χ0v) is 11.0. The first kappa shape index (κ1) is 12.4. The van der Waals surface area contributed by atoms with Gasteiger partial charge in [0.1, 0.15) is 0 Å². The first-order valence-corrected chi connectivity index (χ1v) is 7.15. The fourth-order valence-corrected chi connectivity index (χ4v) is 3.78. The normalized spacial score (nSPS) is 41.4. The van der Waals surface area contributed by atoms with Crippen LogP contribution in [0.25, 0.3) is 0 Å². The third-order valence-electron chi connectivity index (χ3n) is 4.97. The lowest BCUT2D eigenvalue weighted by atomic mass is 9.88. The summed E-state index contributed by atoms with van der Waals surface area (Å²) >= 11 is 0. The molecule has 2 rings (SSSR count). The van der Waals surface area contributed by atoms with E-state index in [0.717, 1.165) is 18.4 Å². The maximum atomic E-state index is 6.12. The van der Waals surface area contributed by atoms with E-state index < -0.39 is 0 Å². The number of hydrogen-bond donors (Lipinski definition) is 1. The van der Waals surface area contributed by atoms with Crippen molar-refractivity contribution in [3.8, 4) is 0 Å². The summed E-state index contributed by atoms with van der Waals surface area (Å²) in [7, 11) is 0. The molecule has 0 radical (unpaired) electrons. The van der Waals surface area contributed by atoms with E-state index in [9.17, 15) is 0 Å². The Balaban J connectivity index is 2.03. The van der Waals surface area contributed by atoms with Gasteiger partial charge in [-0.3, -0.25) is 4.90 Å². The van der Waals surface area contributed by atoms with E-state index in [2.05, 4.69) is 18.7 Å². The SMILES string of the molecule is CCC1CCC(CN)(N2CCCC(C)C2)C1. The van der Waals surface area contributed by atoms with Crippen LogP contribution in [0, 0.1) is 11.8 Å². The number of hydrogen-bond acceptors (Lipinski definition) is 2. The molecule has 1 saturated heterocycles. The smallest absolute Gasteiger partial charge is 0.0334 e. The highest BCUT2D eigenvalue weighted by Crippen LogP contribution is 2.41. The minimum absolute atomic E-state index is 0.370. The van der Waals surface area contributed by atoms with Gasteiger partial charge in [-0.05, 0) is 50.5 Å². The van der Waals surface area contributed by atoms with Crippen LogP contribution in [0.4, 0.5) is 0 Å². The molecular weight excluding hydrogens is 196 g/mol. The van der Waals surface area contributed by atoms with E-state index >= 15 is 0 Å². The minimum atomic E-state index is 0.370. The van der Waals surface area contributed by atoms with Gasteiger partial charge in [-0.15, -0.1) is 0 Å². The van der Waals surface area contributed by atoms with E-state index in [1.54, 1.807) is 0 Å². The number of nitrogens with two attached hydrogens (primary N) is 1. The van der Waals surface area contributed by atoms with Crippen LogP contribution in [0.1, 0.15) is 52.4 Å². The molecule has 1 aliphatic heterocycles. The first-order valence-electron chi connectivity index (χ1n) is 7.15. The molecule has 0 aromatic rings. The van der Waals surface area contributed by atoms with Gasteiger partial charge < -0.3 is 5.73 Å². The molecule has 2 fully saturated rings. The third-order valence-corrected chi connectivity index (χ3v) is 4.97. The van der Waals surface area contributed by atoms with Crippen LogP contribution in [0.15, 0.2) is 0 Å². The molecule has 1 heterocycles. The van der Waals surface area contributed by atoms with E-state index in [1.165, 1.54) is 51.6 Å². The average Bonchev–Trinajstić information content (AvgIpc) is 2.74. The van der Waals surface area contributed by atoms with Gasteiger partial charge in [0.05, 0.1) is 0 Å². The van der Waals surface area contributed by atoms with E-state index in [0.29, 0.717) is 5.54 Å². The Morgan fingerprint density at radius 3 is 2.75 bits per heavy atom. The molecule has 2 heteroatoms.